The highest BCUT2D eigenvalue weighted by atomic mass is 32.2. The molecular formula is C25H29F2N3O5S. The number of imidazole rings is 1. The van der Waals surface area contributed by atoms with Crippen LogP contribution in [0.15, 0.2) is 47.4 Å². The zero-order valence-electron chi connectivity index (χ0n) is 20.1. The average Bonchev–Trinajstić information content (AvgIpc) is 3.27. The molecule has 1 fully saturated rings. The minimum atomic E-state index is -3.37. The molecule has 3 unspecified atom stereocenters. The second kappa shape index (κ2) is 10.1. The number of amides is 1. The van der Waals surface area contributed by atoms with Crippen molar-refractivity contribution >= 4 is 26.8 Å². The highest BCUT2D eigenvalue weighted by molar-refractivity contribution is 7.91. The Labute approximate surface area is 208 Å². The van der Waals surface area contributed by atoms with Crippen LogP contribution in [-0.2, 0) is 15.6 Å². The molecule has 0 saturated heterocycles. The van der Waals surface area contributed by atoms with Gasteiger partial charge in [-0.2, -0.15) is 4.98 Å². The van der Waals surface area contributed by atoms with E-state index in [1.165, 1.54) is 49.6 Å². The minimum absolute atomic E-state index is 0.00521. The Bertz CT molecular complexity index is 1360. The van der Waals surface area contributed by atoms with Crippen LogP contribution in [0.2, 0.25) is 0 Å². The van der Waals surface area contributed by atoms with Gasteiger partial charge in [-0.05, 0) is 48.7 Å². The number of sulfone groups is 1. The van der Waals surface area contributed by atoms with Crippen LogP contribution < -0.4 is 10.1 Å². The van der Waals surface area contributed by atoms with Crippen molar-refractivity contribution in [3.63, 3.8) is 0 Å². The van der Waals surface area contributed by atoms with E-state index in [0.717, 1.165) is 4.57 Å². The molecule has 0 bridgehead atoms. The molecule has 194 valence electrons. The lowest BCUT2D eigenvalue weighted by molar-refractivity contribution is -0.0556. The molecule has 3 atom stereocenters. The summed E-state index contributed by atoms with van der Waals surface area (Å²) in [6.07, 6.45) is -0.462. The average molecular weight is 522 g/mol. The third kappa shape index (κ3) is 4.69. The number of carbonyl (C=O) groups is 1. The van der Waals surface area contributed by atoms with Crippen LogP contribution in [0.1, 0.15) is 54.6 Å². The largest absolute Gasteiger partial charge is 0.468 e. The lowest BCUT2D eigenvalue weighted by Gasteiger charge is -2.34. The predicted molar refractivity (Wildman–Crippen MR) is 130 cm³/mol. The number of fused-ring (bicyclic) bond motifs is 1. The number of aromatic nitrogens is 2. The molecule has 0 spiro atoms. The number of nitrogens with one attached hydrogen (secondary N) is 1. The van der Waals surface area contributed by atoms with E-state index in [4.69, 9.17) is 4.74 Å². The number of aliphatic hydroxyl groups is 1. The standard InChI is InChI=1S/C25H29F2N3O5S/c1-3-36(33,34)18-10-7-16(8-11-18)20(15-31)28-23(32)17-9-12-21-19(14-17)29-24(35-2)30(21)25(27)13-5-4-6-22(25)26/h7-12,14,20,22,31H,3-6,13,15H2,1-2H3,(H,28,32). The Morgan fingerprint density at radius 2 is 2.00 bits per heavy atom. The fraction of sp³-hybridized carbons (Fsp3) is 0.440. The number of rotatable bonds is 8. The zero-order chi connectivity index (χ0) is 26.1. The highest BCUT2D eigenvalue weighted by Gasteiger charge is 2.46. The smallest absolute Gasteiger partial charge is 0.299 e. The molecule has 1 aliphatic rings. The molecule has 0 radical (unpaired) electrons. The van der Waals surface area contributed by atoms with Crippen LogP contribution in [0.25, 0.3) is 11.0 Å². The Morgan fingerprint density at radius 1 is 1.28 bits per heavy atom. The summed E-state index contributed by atoms with van der Waals surface area (Å²) in [6.45, 7) is 1.13. The number of alkyl halides is 2. The molecule has 2 N–H and O–H groups in total. The van der Waals surface area contributed by atoms with Gasteiger partial charge in [0.15, 0.2) is 16.0 Å². The van der Waals surface area contributed by atoms with Gasteiger partial charge in [0.25, 0.3) is 11.9 Å². The normalized spacial score (nSPS) is 21.3. The summed E-state index contributed by atoms with van der Waals surface area (Å²) in [5.74, 6) is -2.85. The van der Waals surface area contributed by atoms with Crippen molar-refractivity contribution in [1.29, 1.82) is 0 Å². The number of halogens is 2. The second-order valence-corrected chi connectivity index (χ2v) is 11.1. The van der Waals surface area contributed by atoms with E-state index in [1.54, 1.807) is 6.92 Å². The number of hydrogen-bond acceptors (Lipinski definition) is 6. The number of nitrogens with zero attached hydrogens (tertiary/aromatic N) is 2. The maximum atomic E-state index is 15.8. The van der Waals surface area contributed by atoms with Crippen molar-refractivity contribution in [2.45, 2.75) is 55.5 Å². The molecule has 0 aliphatic heterocycles. The Hall–Kier alpha value is -3.05. The van der Waals surface area contributed by atoms with Gasteiger partial charge in [-0.15, -0.1) is 0 Å². The summed E-state index contributed by atoms with van der Waals surface area (Å²) in [4.78, 5) is 17.4. The summed E-state index contributed by atoms with van der Waals surface area (Å²) in [6, 6.07) is 9.51. The van der Waals surface area contributed by atoms with Crippen molar-refractivity contribution in [3.05, 3.63) is 53.6 Å². The van der Waals surface area contributed by atoms with E-state index in [2.05, 4.69) is 10.3 Å². The van der Waals surface area contributed by atoms with E-state index in [9.17, 15) is 22.7 Å². The van der Waals surface area contributed by atoms with Gasteiger partial charge in [0.05, 0.1) is 41.4 Å². The highest BCUT2D eigenvalue weighted by Crippen LogP contribution is 2.43. The molecule has 8 nitrogen and oxygen atoms in total. The van der Waals surface area contributed by atoms with Gasteiger partial charge in [-0.25, -0.2) is 17.2 Å². The molecule has 1 heterocycles. The van der Waals surface area contributed by atoms with E-state index in [0.29, 0.717) is 23.9 Å². The Kier molecular flexibility index (Phi) is 7.33. The fourth-order valence-corrected chi connectivity index (χ4v) is 5.46. The van der Waals surface area contributed by atoms with Crippen molar-refractivity contribution in [1.82, 2.24) is 14.9 Å². The third-order valence-corrected chi connectivity index (χ3v) is 8.42. The van der Waals surface area contributed by atoms with Gasteiger partial charge in [-0.1, -0.05) is 25.5 Å². The van der Waals surface area contributed by atoms with E-state index >= 15 is 4.39 Å². The quantitative estimate of drug-likeness (QED) is 0.466. The molecule has 4 rings (SSSR count). The number of aliphatic hydroxyl groups excluding tert-OH is 1. The van der Waals surface area contributed by atoms with E-state index in [-0.39, 0.29) is 40.6 Å². The number of carbonyl (C=O) groups excluding carboxylic acids is 1. The van der Waals surface area contributed by atoms with Crippen LogP contribution in [0.5, 0.6) is 6.01 Å². The van der Waals surface area contributed by atoms with Crippen LogP contribution in [-0.4, -0.2) is 54.6 Å². The van der Waals surface area contributed by atoms with Gasteiger partial charge >= 0.3 is 0 Å². The van der Waals surface area contributed by atoms with Crippen LogP contribution >= 0.6 is 0 Å². The molecule has 1 aliphatic carbocycles. The first-order valence-electron chi connectivity index (χ1n) is 11.8. The van der Waals surface area contributed by atoms with Crippen LogP contribution in [0.3, 0.4) is 0 Å². The third-order valence-electron chi connectivity index (χ3n) is 6.66. The zero-order valence-corrected chi connectivity index (χ0v) is 20.9. The Balaban J connectivity index is 1.61. The van der Waals surface area contributed by atoms with Crippen molar-refractivity contribution in [2.75, 3.05) is 19.5 Å². The molecule has 36 heavy (non-hydrogen) atoms. The first kappa shape index (κ1) is 26.0. The summed E-state index contributed by atoms with van der Waals surface area (Å²) < 4.78 is 61.0. The monoisotopic (exact) mass is 521 g/mol. The summed E-state index contributed by atoms with van der Waals surface area (Å²) in [5, 5.41) is 12.6. The lowest BCUT2D eigenvalue weighted by Crippen LogP contribution is -2.41. The topological polar surface area (TPSA) is 111 Å². The van der Waals surface area contributed by atoms with Gasteiger partial charge in [-0.3, -0.25) is 9.36 Å². The van der Waals surface area contributed by atoms with Crippen molar-refractivity contribution in [2.24, 2.45) is 0 Å². The molecule has 1 aromatic heterocycles. The van der Waals surface area contributed by atoms with Gasteiger partial charge in [0.2, 0.25) is 5.79 Å². The summed E-state index contributed by atoms with van der Waals surface area (Å²) in [7, 11) is -2.05. The molecule has 1 saturated carbocycles. The number of ether oxygens (including phenoxy) is 1. The SMILES string of the molecule is CCS(=O)(=O)c1ccc(C(CO)NC(=O)c2ccc3c(c2)nc(OC)n3C2(F)CCCCC2F)cc1. The fourth-order valence-electron chi connectivity index (χ4n) is 4.57. The Morgan fingerprint density at radius 3 is 2.61 bits per heavy atom. The van der Waals surface area contributed by atoms with Crippen LogP contribution in [0, 0.1) is 0 Å². The van der Waals surface area contributed by atoms with Crippen LogP contribution in [0.4, 0.5) is 8.78 Å². The first-order chi connectivity index (χ1) is 17.1. The van der Waals surface area contributed by atoms with Gasteiger partial charge in [0.1, 0.15) is 0 Å². The number of methoxy groups -OCH3 is 1. The minimum Gasteiger partial charge on any atom is -0.468 e. The van der Waals surface area contributed by atoms with Gasteiger partial charge in [0, 0.05) is 12.0 Å². The molecule has 11 heteroatoms. The number of benzene rings is 2. The van der Waals surface area contributed by atoms with Gasteiger partial charge < -0.3 is 15.2 Å². The van der Waals surface area contributed by atoms with E-state index < -0.39 is 40.4 Å². The molecular weight excluding hydrogens is 492 g/mol. The predicted octanol–water partition coefficient (Wildman–Crippen LogP) is 3.84. The maximum Gasteiger partial charge on any atom is 0.299 e. The van der Waals surface area contributed by atoms with Crippen molar-refractivity contribution < 1.29 is 31.8 Å². The molecule has 3 aromatic rings. The molecule has 1 amide bonds. The summed E-state index contributed by atoms with van der Waals surface area (Å²) >= 11 is 0. The second-order valence-electron chi connectivity index (χ2n) is 8.85. The molecule has 2 aromatic carbocycles. The number of hydrogen-bond donors (Lipinski definition) is 2. The first-order valence-corrected chi connectivity index (χ1v) is 13.4. The lowest BCUT2D eigenvalue weighted by atomic mass is 9.91. The van der Waals surface area contributed by atoms with E-state index in [1.807, 2.05) is 0 Å². The maximum absolute atomic E-state index is 15.8. The van der Waals surface area contributed by atoms with Crippen molar-refractivity contribution in [3.8, 4) is 6.01 Å². The summed E-state index contributed by atoms with van der Waals surface area (Å²) in [5.41, 5.74) is 1.30.